The van der Waals surface area contributed by atoms with E-state index in [4.69, 9.17) is 21.1 Å². The van der Waals surface area contributed by atoms with E-state index in [1.54, 1.807) is 14.2 Å². The molecule has 0 amide bonds. The van der Waals surface area contributed by atoms with E-state index in [-0.39, 0.29) is 5.38 Å². The first kappa shape index (κ1) is 16.7. The number of hydrogen-bond acceptors (Lipinski definition) is 2. The smallest absolute Gasteiger partial charge is 0.141 e. The summed E-state index contributed by atoms with van der Waals surface area (Å²) in [5, 5.41) is -0.297. The van der Waals surface area contributed by atoms with Crippen molar-refractivity contribution in [2.75, 3.05) is 14.2 Å². The van der Waals surface area contributed by atoms with Crippen LogP contribution in [-0.2, 0) is 0 Å². The highest BCUT2D eigenvalue weighted by atomic mass is 79.9. The minimum Gasteiger partial charge on any atom is -0.495 e. The monoisotopic (exact) mass is 432 g/mol. The van der Waals surface area contributed by atoms with Crippen molar-refractivity contribution in [1.82, 2.24) is 0 Å². The second-order valence-electron chi connectivity index (χ2n) is 4.58. The van der Waals surface area contributed by atoms with Crippen LogP contribution in [0.15, 0.2) is 39.3 Å². The predicted octanol–water partition coefficient (Wildman–Crippen LogP) is 5.87. The average molecular weight is 435 g/mol. The molecule has 112 valence electrons. The number of halogens is 3. The first-order chi connectivity index (χ1) is 9.99. The van der Waals surface area contributed by atoms with E-state index >= 15 is 0 Å². The molecule has 2 aromatic carbocycles. The summed E-state index contributed by atoms with van der Waals surface area (Å²) >= 11 is 13.7. The van der Waals surface area contributed by atoms with E-state index in [0.717, 1.165) is 25.6 Å². The molecule has 1 atom stereocenters. The van der Waals surface area contributed by atoms with Gasteiger partial charge in [-0.05, 0) is 52.2 Å². The first-order valence-corrected chi connectivity index (χ1v) is 8.32. The van der Waals surface area contributed by atoms with E-state index in [9.17, 15) is 0 Å². The molecule has 0 saturated carbocycles. The molecule has 0 aliphatic carbocycles. The Labute approximate surface area is 146 Å². The van der Waals surface area contributed by atoms with Crippen LogP contribution in [0.4, 0.5) is 0 Å². The highest BCUT2D eigenvalue weighted by Crippen LogP contribution is 2.43. The van der Waals surface area contributed by atoms with Gasteiger partial charge in [0.15, 0.2) is 0 Å². The van der Waals surface area contributed by atoms with Crippen LogP contribution in [-0.4, -0.2) is 14.2 Å². The van der Waals surface area contributed by atoms with E-state index in [0.29, 0.717) is 11.5 Å². The van der Waals surface area contributed by atoms with Crippen molar-refractivity contribution in [2.45, 2.75) is 12.3 Å². The average Bonchev–Trinajstić information content (AvgIpc) is 2.49. The van der Waals surface area contributed by atoms with Gasteiger partial charge in [-0.3, -0.25) is 0 Å². The van der Waals surface area contributed by atoms with Crippen LogP contribution >= 0.6 is 43.5 Å². The fraction of sp³-hybridized carbons (Fsp3) is 0.250. The Morgan fingerprint density at radius 2 is 1.76 bits per heavy atom. The van der Waals surface area contributed by atoms with Gasteiger partial charge in [-0.25, -0.2) is 0 Å². The van der Waals surface area contributed by atoms with Gasteiger partial charge < -0.3 is 9.47 Å². The topological polar surface area (TPSA) is 18.5 Å². The summed E-state index contributed by atoms with van der Waals surface area (Å²) in [4.78, 5) is 0. The quantitative estimate of drug-likeness (QED) is 0.561. The Kier molecular flexibility index (Phi) is 5.58. The third-order valence-corrected chi connectivity index (χ3v) is 5.39. The van der Waals surface area contributed by atoms with Gasteiger partial charge in [0.25, 0.3) is 0 Å². The van der Waals surface area contributed by atoms with Crippen molar-refractivity contribution in [3.8, 4) is 11.5 Å². The minimum atomic E-state index is -0.297. The lowest BCUT2D eigenvalue weighted by Crippen LogP contribution is -2.00. The van der Waals surface area contributed by atoms with Crippen molar-refractivity contribution in [2.24, 2.45) is 0 Å². The Morgan fingerprint density at radius 3 is 2.33 bits per heavy atom. The van der Waals surface area contributed by atoms with Gasteiger partial charge in [0.05, 0.1) is 19.6 Å². The van der Waals surface area contributed by atoms with Crippen molar-refractivity contribution < 1.29 is 9.47 Å². The van der Waals surface area contributed by atoms with Gasteiger partial charge in [-0.1, -0.05) is 28.1 Å². The number of aryl methyl sites for hydroxylation is 1. The SMILES string of the molecule is COc1ccc(C(Cl)c2ccc(Br)c(C)c2)c(OC)c1Br. The zero-order valence-corrected chi connectivity index (χ0v) is 15.8. The summed E-state index contributed by atoms with van der Waals surface area (Å²) in [5.41, 5.74) is 3.06. The Bertz CT molecular complexity index is 659. The maximum Gasteiger partial charge on any atom is 0.141 e. The van der Waals surface area contributed by atoms with Gasteiger partial charge in [0.1, 0.15) is 16.0 Å². The van der Waals surface area contributed by atoms with E-state index in [1.165, 1.54) is 0 Å². The van der Waals surface area contributed by atoms with Crippen LogP contribution in [0.2, 0.25) is 0 Å². The normalized spacial score (nSPS) is 12.1. The zero-order valence-electron chi connectivity index (χ0n) is 11.9. The molecule has 0 saturated heterocycles. The van der Waals surface area contributed by atoms with Crippen LogP contribution in [0.1, 0.15) is 22.1 Å². The highest BCUT2D eigenvalue weighted by Gasteiger charge is 2.20. The fourth-order valence-corrected chi connectivity index (χ4v) is 3.36. The number of methoxy groups -OCH3 is 2. The van der Waals surface area contributed by atoms with Gasteiger partial charge in [0, 0.05) is 10.0 Å². The Balaban J connectivity index is 2.50. The molecule has 2 rings (SSSR count). The summed E-state index contributed by atoms with van der Waals surface area (Å²) in [7, 11) is 3.24. The van der Waals surface area contributed by atoms with E-state index in [2.05, 4.69) is 37.9 Å². The molecule has 0 aliphatic heterocycles. The molecule has 5 heteroatoms. The van der Waals surface area contributed by atoms with Gasteiger partial charge in [0.2, 0.25) is 0 Å². The van der Waals surface area contributed by atoms with Crippen molar-refractivity contribution in [3.63, 3.8) is 0 Å². The molecule has 0 aromatic heterocycles. The molecule has 2 nitrogen and oxygen atoms in total. The van der Waals surface area contributed by atoms with E-state index < -0.39 is 0 Å². The first-order valence-electron chi connectivity index (χ1n) is 6.30. The van der Waals surface area contributed by atoms with Crippen molar-refractivity contribution >= 4 is 43.5 Å². The number of hydrogen-bond donors (Lipinski definition) is 0. The fourth-order valence-electron chi connectivity index (χ4n) is 2.12. The second-order valence-corrected chi connectivity index (χ2v) is 6.66. The van der Waals surface area contributed by atoms with Gasteiger partial charge >= 0.3 is 0 Å². The molecular weight excluding hydrogens is 419 g/mol. The van der Waals surface area contributed by atoms with Crippen molar-refractivity contribution in [3.05, 3.63) is 56.0 Å². The molecule has 0 heterocycles. The third kappa shape index (κ3) is 3.38. The highest BCUT2D eigenvalue weighted by molar-refractivity contribution is 9.11. The largest absolute Gasteiger partial charge is 0.495 e. The molecule has 0 N–H and O–H groups in total. The third-order valence-electron chi connectivity index (χ3n) is 3.26. The summed E-state index contributed by atoms with van der Waals surface area (Å²) < 4.78 is 12.6. The number of alkyl halides is 1. The van der Waals surface area contributed by atoms with Crippen LogP contribution < -0.4 is 9.47 Å². The second kappa shape index (κ2) is 7.03. The molecular formula is C16H15Br2ClO2. The standard InChI is InChI=1S/C16H15Br2ClO2/c1-9-8-10(4-6-12(9)17)15(19)11-5-7-13(20-2)14(18)16(11)21-3/h4-8,15H,1-3H3. The minimum absolute atomic E-state index is 0.297. The van der Waals surface area contributed by atoms with Crippen LogP contribution in [0.25, 0.3) is 0 Å². The number of rotatable bonds is 4. The molecule has 0 fully saturated rings. The molecule has 0 bridgehead atoms. The Morgan fingerprint density at radius 1 is 1.05 bits per heavy atom. The number of ether oxygens (including phenoxy) is 2. The zero-order chi connectivity index (χ0) is 15.6. The van der Waals surface area contributed by atoms with E-state index in [1.807, 2.05) is 31.2 Å². The van der Waals surface area contributed by atoms with Crippen LogP contribution in [0, 0.1) is 6.92 Å². The molecule has 0 radical (unpaired) electrons. The lowest BCUT2D eigenvalue weighted by Gasteiger charge is -2.18. The summed E-state index contributed by atoms with van der Waals surface area (Å²) in [6, 6.07) is 9.89. The predicted molar refractivity (Wildman–Crippen MR) is 93.8 cm³/mol. The van der Waals surface area contributed by atoms with Crippen molar-refractivity contribution in [1.29, 1.82) is 0 Å². The molecule has 21 heavy (non-hydrogen) atoms. The maximum atomic E-state index is 6.65. The van der Waals surface area contributed by atoms with Gasteiger partial charge in [-0.2, -0.15) is 0 Å². The van der Waals surface area contributed by atoms with Crippen LogP contribution in [0.5, 0.6) is 11.5 Å². The molecule has 0 aliphatic rings. The summed E-state index contributed by atoms with van der Waals surface area (Å²) in [5.74, 6) is 1.40. The lowest BCUT2D eigenvalue weighted by atomic mass is 10.0. The molecule has 1 unspecified atom stereocenters. The summed E-state index contributed by atoms with van der Waals surface area (Å²) in [6.45, 7) is 2.04. The Hall–Kier alpha value is -0.710. The molecule has 0 spiro atoms. The molecule has 2 aromatic rings. The van der Waals surface area contributed by atoms with Gasteiger partial charge in [-0.15, -0.1) is 11.6 Å². The maximum absolute atomic E-state index is 6.65. The van der Waals surface area contributed by atoms with Crippen LogP contribution in [0.3, 0.4) is 0 Å². The summed E-state index contributed by atoms with van der Waals surface area (Å²) in [6.07, 6.45) is 0. The number of benzene rings is 2. The lowest BCUT2D eigenvalue weighted by molar-refractivity contribution is 0.386.